The molecule has 0 aliphatic carbocycles. The number of ether oxygens (including phenoxy) is 1. The van der Waals surface area contributed by atoms with E-state index in [0.29, 0.717) is 6.61 Å². The van der Waals surface area contributed by atoms with E-state index in [2.05, 4.69) is 4.74 Å². The standard InChI is InChI=1S/C5H11NO2/c1-3-8-5(6)4(2)7/h4,6-7H,3H2,1-2H3/t4-/m0/s1. The van der Waals surface area contributed by atoms with Crippen molar-refractivity contribution in [3.05, 3.63) is 0 Å². The fraction of sp³-hybridized carbons (Fsp3) is 0.800. The maximum Gasteiger partial charge on any atom is 0.209 e. The molecular formula is C5H11NO2. The van der Waals surface area contributed by atoms with Gasteiger partial charge in [0, 0.05) is 0 Å². The fourth-order valence-corrected chi connectivity index (χ4v) is 0.276. The molecule has 2 N–H and O–H groups in total. The van der Waals surface area contributed by atoms with E-state index in [1.807, 2.05) is 0 Å². The lowest BCUT2D eigenvalue weighted by atomic mass is 10.4. The highest BCUT2D eigenvalue weighted by atomic mass is 16.5. The van der Waals surface area contributed by atoms with Crippen molar-refractivity contribution in [1.82, 2.24) is 0 Å². The molecule has 0 saturated carbocycles. The predicted molar refractivity (Wildman–Crippen MR) is 31.0 cm³/mol. The van der Waals surface area contributed by atoms with E-state index in [9.17, 15) is 0 Å². The normalized spacial score (nSPS) is 12.9. The molecule has 0 radical (unpaired) electrons. The van der Waals surface area contributed by atoms with Crippen LogP contribution in [0.3, 0.4) is 0 Å². The first-order valence-electron chi connectivity index (χ1n) is 2.57. The Morgan fingerprint density at radius 2 is 2.38 bits per heavy atom. The minimum atomic E-state index is -0.769. The minimum Gasteiger partial charge on any atom is -0.480 e. The van der Waals surface area contributed by atoms with E-state index >= 15 is 0 Å². The summed E-state index contributed by atoms with van der Waals surface area (Å²) in [5, 5.41) is 15.5. The van der Waals surface area contributed by atoms with Crippen LogP contribution < -0.4 is 0 Å². The molecule has 0 rings (SSSR count). The van der Waals surface area contributed by atoms with Crippen molar-refractivity contribution in [1.29, 1.82) is 5.41 Å². The first-order valence-corrected chi connectivity index (χ1v) is 2.57. The third-order valence-electron chi connectivity index (χ3n) is 0.679. The Labute approximate surface area is 48.8 Å². The van der Waals surface area contributed by atoms with Crippen LogP contribution in [0, 0.1) is 5.41 Å². The summed E-state index contributed by atoms with van der Waals surface area (Å²) in [5.74, 6) is -0.0625. The topological polar surface area (TPSA) is 53.3 Å². The maximum atomic E-state index is 8.60. The highest BCUT2D eigenvalue weighted by molar-refractivity contribution is 5.76. The van der Waals surface area contributed by atoms with Crippen molar-refractivity contribution in [2.75, 3.05) is 6.61 Å². The summed E-state index contributed by atoms with van der Waals surface area (Å²) in [6.07, 6.45) is -0.769. The monoisotopic (exact) mass is 117 g/mol. The van der Waals surface area contributed by atoms with Crippen molar-refractivity contribution in [2.24, 2.45) is 0 Å². The number of hydrogen-bond acceptors (Lipinski definition) is 3. The largest absolute Gasteiger partial charge is 0.480 e. The van der Waals surface area contributed by atoms with Gasteiger partial charge in [0.2, 0.25) is 5.90 Å². The second-order valence-corrected chi connectivity index (χ2v) is 1.47. The lowest BCUT2D eigenvalue weighted by molar-refractivity contribution is 0.202. The summed E-state index contributed by atoms with van der Waals surface area (Å²) in [6.45, 7) is 3.72. The zero-order valence-electron chi connectivity index (χ0n) is 5.14. The van der Waals surface area contributed by atoms with Crippen LogP contribution in [-0.2, 0) is 4.74 Å². The van der Waals surface area contributed by atoms with Crippen molar-refractivity contribution in [2.45, 2.75) is 20.0 Å². The summed E-state index contributed by atoms with van der Waals surface area (Å²) in [6, 6.07) is 0. The number of rotatable bonds is 2. The molecule has 1 atom stereocenters. The average Bonchev–Trinajstić information content (AvgIpc) is 1.67. The molecule has 8 heavy (non-hydrogen) atoms. The summed E-state index contributed by atoms with van der Waals surface area (Å²) in [7, 11) is 0. The lowest BCUT2D eigenvalue weighted by Crippen LogP contribution is -2.17. The van der Waals surface area contributed by atoms with E-state index < -0.39 is 6.10 Å². The Kier molecular flexibility index (Phi) is 3.19. The van der Waals surface area contributed by atoms with Crippen LogP contribution in [0.4, 0.5) is 0 Å². The molecule has 3 nitrogen and oxygen atoms in total. The van der Waals surface area contributed by atoms with E-state index in [1.165, 1.54) is 6.92 Å². The van der Waals surface area contributed by atoms with Gasteiger partial charge in [0.15, 0.2) is 0 Å². The zero-order chi connectivity index (χ0) is 6.57. The van der Waals surface area contributed by atoms with Crippen molar-refractivity contribution < 1.29 is 9.84 Å². The molecule has 0 fully saturated rings. The van der Waals surface area contributed by atoms with Gasteiger partial charge in [0.1, 0.15) is 6.10 Å². The predicted octanol–water partition coefficient (Wildman–Crippen LogP) is 0.381. The highest BCUT2D eigenvalue weighted by Crippen LogP contribution is 1.84. The van der Waals surface area contributed by atoms with E-state index in [1.54, 1.807) is 6.92 Å². The smallest absolute Gasteiger partial charge is 0.209 e. The summed E-state index contributed by atoms with van der Waals surface area (Å²) < 4.78 is 4.64. The van der Waals surface area contributed by atoms with Gasteiger partial charge in [0.05, 0.1) is 6.61 Å². The number of aliphatic hydroxyl groups excluding tert-OH is 1. The zero-order valence-corrected chi connectivity index (χ0v) is 5.14. The second kappa shape index (κ2) is 3.43. The molecule has 0 aliphatic heterocycles. The molecule has 0 unspecified atom stereocenters. The van der Waals surface area contributed by atoms with Gasteiger partial charge in [-0.2, -0.15) is 0 Å². The molecular weight excluding hydrogens is 106 g/mol. The molecule has 48 valence electrons. The Balaban J connectivity index is 3.33. The third-order valence-corrected chi connectivity index (χ3v) is 0.679. The van der Waals surface area contributed by atoms with E-state index in [4.69, 9.17) is 10.5 Å². The Morgan fingerprint density at radius 1 is 1.88 bits per heavy atom. The summed E-state index contributed by atoms with van der Waals surface area (Å²) in [4.78, 5) is 0. The quantitative estimate of drug-likeness (QED) is 0.406. The lowest BCUT2D eigenvalue weighted by Gasteiger charge is -2.05. The maximum absolute atomic E-state index is 8.60. The van der Waals surface area contributed by atoms with Crippen LogP contribution in [0.1, 0.15) is 13.8 Å². The van der Waals surface area contributed by atoms with E-state index in [0.717, 1.165) is 0 Å². The molecule has 0 bridgehead atoms. The highest BCUT2D eigenvalue weighted by Gasteiger charge is 2.01. The molecule has 3 heteroatoms. The molecule has 0 amide bonds. The van der Waals surface area contributed by atoms with Crippen LogP contribution in [0.15, 0.2) is 0 Å². The first kappa shape index (κ1) is 7.43. The van der Waals surface area contributed by atoms with Gasteiger partial charge >= 0.3 is 0 Å². The first-order chi connectivity index (χ1) is 3.68. The van der Waals surface area contributed by atoms with E-state index in [-0.39, 0.29) is 5.90 Å². The van der Waals surface area contributed by atoms with Crippen LogP contribution in [0.25, 0.3) is 0 Å². The van der Waals surface area contributed by atoms with Gasteiger partial charge in [0.25, 0.3) is 0 Å². The van der Waals surface area contributed by atoms with Crippen molar-refractivity contribution >= 4 is 5.90 Å². The Hall–Kier alpha value is -0.570. The van der Waals surface area contributed by atoms with Gasteiger partial charge in [-0.3, -0.25) is 5.41 Å². The molecule has 0 aliphatic rings. The van der Waals surface area contributed by atoms with Crippen molar-refractivity contribution in [3.63, 3.8) is 0 Å². The molecule has 0 heterocycles. The van der Waals surface area contributed by atoms with Gasteiger partial charge in [-0.25, -0.2) is 0 Å². The second-order valence-electron chi connectivity index (χ2n) is 1.47. The van der Waals surface area contributed by atoms with Gasteiger partial charge in [-0.1, -0.05) is 0 Å². The van der Waals surface area contributed by atoms with Crippen LogP contribution in [0.5, 0.6) is 0 Å². The Bertz CT molecular complexity index is 80.5. The van der Waals surface area contributed by atoms with Crippen LogP contribution >= 0.6 is 0 Å². The number of nitrogens with one attached hydrogen (secondary N) is 1. The Morgan fingerprint density at radius 3 is 2.50 bits per heavy atom. The fourth-order valence-electron chi connectivity index (χ4n) is 0.276. The van der Waals surface area contributed by atoms with Gasteiger partial charge in [-0.05, 0) is 13.8 Å². The number of aliphatic hydroxyl groups is 1. The molecule has 0 saturated heterocycles. The molecule has 0 spiro atoms. The average molecular weight is 117 g/mol. The minimum absolute atomic E-state index is 0.0625. The third kappa shape index (κ3) is 2.58. The molecule has 0 aromatic rings. The van der Waals surface area contributed by atoms with Gasteiger partial charge in [-0.15, -0.1) is 0 Å². The van der Waals surface area contributed by atoms with Gasteiger partial charge < -0.3 is 9.84 Å². The summed E-state index contributed by atoms with van der Waals surface area (Å²) >= 11 is 0. The summed E-state index contributed by atoms with van der Waals surface area (Å²) in [5.41, 5.74) is 0. The number of hydrogen-bond donors (Lipinski definition) is 2. The molecule has 0 aromatic heterocycles. The van der Waals surface area contributed by atoms with Crippen LogP contribution in [0.2, 0.25) is 0 Å². The van der Waals surface area contributed by atoms with Crippen LogP contribution in [-0.4, -0.2) is 23.7 Å². The molecule has 0 aromatic carbocycles. The SMILES string of the molecule is CCOC(=N)[C@H](C)O. The van der Waals surface area contributed by atoms with Crippen molar-refractivity contribution in [3.8, 4) is 0 Å².